The molecule has 0 aliphatic carbocycles. The summed E-state index contributed by atoms with van der Waals surface area (Å²) in [6, 6.07) is 1.38. The van der Waals surface area contributed by atoms with Gasteiger partial charge in [0.15, 0.2) is 5.00 Å². The fraction of sp³-hybridized carbons (Fsp3) is 0.636. The number of aliphatic hydroxyl groups excluding tert-OH is 1. The van der Waals surface area contributed by atoms with Crippen molar-refractivity contribution in [1.29, 1.82) is 0 Å². The van der Waals surface area contributed by atoms with E-state index in [1.165, 1.54) is 17.4 Å². The number of rotatable bonds is 5. The standard InChI is InChI=1S/C11H18N2O4S/c1-7(14)9-5-8(13(16)17)10(18-9)12(4)6-11(2,3)15/h5,7,14-15H,6H2,1-4H3/t7-/m1/s1. The number of thiophene rings is 1. The van der Waals surface area contributed by atoms with Gasteiger partial charge in [0, 0.05) is 24.5 Å². The largest absolute Gasteiger partial charge is 0.389 e. The lowest BCUT2D eigenvalue weighted by Crippen LogP contribution is -2.36. The quantitative estimate of drug-likeness (QED) is 0.632. The third-order valence-corrected chi connectivity index (χ3v) is 3.70. The van der Waals surface area contributed by atoms with Crippen LogP contribution in [0.15, 0.2) is 6.07 Å². The summed E-state index contributed by atoms with van der Waals surface area (Å²) in [5.74, 6) is 0. The highest BCUT2D eigenvalue weighted by Gasteiger charge is 2.26. The normalized spacial score (nSPS) is 13.4. The molecule has 0 aliphatic heterocycles. The summed E-state index contributed by atoms with van der Waals surface area (Å²) in [6.45, 7) is 5.11. The van der Waals surface area contributed by atoms with Crippen molar-refractivity contribution in [1.82, 2.24) is 0 Å². The zero-order chi connectivity index (χ0) is 14.1. The maximum absolute atomic E-state index is 11.0. The van der Waals surface area contributed by atoms with Gasteiger partial charge in [0.05, 0.1) is 16.6 Å². The molecule has 0 fully saturated rings. The van der Waals surface area contributed by atoms with Gasteiger partial charge in [-0.15, -0.1) is 11.3 Å². The Bertz CT molecular complexity index is 437. The zero-order valence-corrected chi connectivity index (χ0v) is 11.7. The molecule has 0 spiro atoms. The van der Waals surface area contributed by atoms with Crippen molar-refractivity contribution in [2.45, 2.75) is 32.5 Å². The molecule has 0 aliphatic rings. The van der Waals surface area contributed by atoms with E-state index < -0.39 is 16.6 Å². The van der Waals surface area contributed by atoms with Crippen LogP contribution in [-0.4, -0.2) is 34.3 Å². The third-order valence-electron chi connectivity index (χ3n) is 2.29. The third kappa shape index (κ3) is 3.66. The van der Waals surface area contributed by atoms with Gasteiger partial charge in [-0.1, -0.05) is 0 Å². The summed E-state index contributed by atoms with van der Waals surface area (Å²) in [5.41, 5.74) is -0.986. The van der Waals surface area contributed by atoms with E-state index in [9.17, 15) is 20.3 Å². The highest BCUT2D eigenvalue weighted by atomic mass is 32.1. The van der Waals surface area contributed by atoms with Crippen molar-refractivity contribution in [2.75, 3.05) is 18.5 Å². The van der Waals surface area contributed by atoms with Gasteiger partial charge in [-0.2, -0.15) is 0 Å². The van der Waals surface area contributed by atoms with Crippen LogP contribution in [0.3, 0.4) is 0 Å². The van der Waals surface area contributed by atoms with Gasteiger partial charge in [0.1, 0.15) is 0 Å². The van der Waals surface area contributed by atoms with Gasteiger partial charge in [0.25, 0.3) is 0 Å². The summed E-state index contributed by atoms with van der Waals surface area (Å²) in [4.78, 5) is 12.7. The Morgan fingerprint density at radius 2 is 2.17 bits per heavy atom. The highest BCUT2D eigenvalue weighted by Crippen LogP contribution is 2.39. The molecule has 0 bridgehead atoms. The van der Waals surface area contributed by atoms with Crippen molar-refractivity contribution >= 4 is 22.0 Å². The smallest absolute Gasteiger partial charge is 0.304 e. The molecule has 7 heteroatoms. The number of hydrogen-bond donors (Lipinski definition) is 2. The maximum Gasteiger partial charge on any atom is 0.304 e. The van der Waals surface area contributed by atoms with Crippen LogP contribution in [0, 0.1) is 10.1 Å². The second-order valence-electron chi connectivity index (χ2n) is 4.94. The molecule has 0 saturated heterocycles. The Hall–Kier alpha value is -1.18. The van der Waals surface area contributed by atoms with Crippen LogP contribution in [0.25, 0.3) is 0 Å². The van der Waals surface area contributed by atoms with Crippen molar-refractivity contribution in [3.8, 4) is 0 Å². The Labute approximate surface area is 110 Å². The van der Waals surface area contributed by atoms with Gasteiger partial charge in [-0.3, -0.25) is 10.1 Å². The van der Waals surface area contributed by atoms with E-state index in [1.54, 1.807) is 32.7 Å². The fourth-order valence-corrected chi connectivity index (χ4v) is 2.68. The number of nitrogens with zero attached hydrogens (tertiary/aromatic N) is 2. The van der Waals surface area contributed by atoms with Gasteiger partial charge < -0.3 is 15.1 Å². The van der Waals surface area contributed by atoms with E-state index in [-0.39, 0.29) is 12.2 Å². The number of likely N-dealkylation sites (N-methyl/N-ethyl adjacent to an activating group) is 1. The van der Waals surface area contributed by atoms with Crippen molar-refractivity contribution < 1.29 is 15.1 Å². The molecular weight excluding hydrogens is 256 g/mol. The van der Waals surface area contributed by atoms with Gasteiger partial charge in [0.2, 0.25) is 0 Å². The minimum Gasteiger partial charge on any atom is -0.389 e. The summed E-state index contributed by atoms with van der Waals surface area (Å²) in [7, 11) is 1.68. The van der Waals surface area contributed by atoms with Crippen LogP contribution in [-0.2, 0) is 0 Å². The van der Waals surface area contributed by atoms with Crippen LogP contribution in [0.4, 0.5) is 10.7 Å². The average molecular weight is 274 g/mol. The van der Waals surface area contributed by atoms with E-state index in [2.05, 4.69) is 0 Å². The summed E-state index contributed by atoms with van der Waals surface area (Å²) in [5, 5.41) is 30.6. The summed E-state index contributed by atoms with van der Waals surface area (Å²) < 4.78 is 0. The molecule has 1 heterocycles. The molecule has 18 heavy (non-hydrogen) atoms. The zero-order valence-electron chi connectivity index (χ0n) is 10.9. The first-order valence-electron chi connectivity index (χ1n) is 5.51. The highest BCUT2D eigenvalue weighted by molar-refractivity contribution is 7.16. The number of nitro groups is 1. The van der Waals surface area contributed by atoms with E-state index in [0.717, 1.165) is 0 Å². The number of aliphatic hydroxyl groups is 2. The molecule has 1 rings (SSSR count). The second-order valence-corrected chi connectivity index (χ2v) is 6.00. The van der Waals surface area contributed by atoms with Crippen molar-refractivity contribution in [2.24, 2.45) is 0 Å². The lowest BCUT2D eigenvalue weighted by molar-refractivity contribution is -0.383. The minimum atomic E-state index is -0.947. The predicted molar refractivity (Wildman–Crippen MR) is 71.2 cm³/mol. The molecule has 102 valence electrons. The van der Waals surface area contributed by atoms with E-state index in [4.69, 9.17) is 0 Å². The summed E-state index contributed by atoms with van der Waals surface area (Å²) in [6.07, 6.45) is -0.738. The first kappa shape index (κ1) is 14.9. The van der Waals surface area contributed by atoms with Gasteiger partial charge in [-0.25, -0.2) is 0 Å². The molecule has 0 aromatic carbocycles. The topological polar surface area (TPSA) is 86.8 Å². The van der Waals surface area contributed by atoms with Crippen LogP contribution < -0.4 is 4.90 Å². The van der Waals surface area contributed by atoms with Gasteiger partial charge in [-0.05, 0) is 20.8 Å². The Morgan fingerprint density at radius 3 is 2.56 bits per heavy atom. The van der Waals surface area contributed by atoms with Crippen LogP contribution in [0.5, 0.6) is 0 Å². The lowest BCUT2D eigenvalue weighted by Gasteiger charge is -2.25. The lowest BCUT2D eigenvalue weighted by atomic mass is 10.1. The number of anilines is 1. The van der Waals surface area contributed by atoms with E-state index in [1.807, 2.05) is 0 Å². The SMILES string of the molecule is C[C@@H](O)c1cc([N+](=O)[O-])c(N(C)CC(C)(C)O)s1. The number of hydrogen-bond acceptors (Lipinski definition) is 6. The van der Waals surface area contributed by atoms with Gasteiger partial charge >= 0.3 is 5.69 Å². The fourth-order valence-electron chi connectivity index (χ4n) is 1.65. The van der Waals surface area contributed by atoms with Crippen molar-refractivity contribution in [3.63, 3.8) is 0 Å². The second kappa shape index (κ2) is 5.21. The molecule has 1 aromatic heterocycles. The van der Waals surface area contributed by atoms with Crippen molar-refractivity contribution in [3.05, 3.63) is 21.1 Å². The molecule has 2 N–H and O–H groups in total. The van der Waals surface area contributed by atoms with E-state index in [0.29, 0.717) is 9.88 Å². The molecule has 0 amide bonds. The average Bonchev–Trinajstić information content (AvgIpc) is 2.58. The Balaban J connectivity index is 3.10. The monoisotopic (exact) mass is 274 g/mol. The van der Waals surface area contributed by atoms with Crippen LogP contribution in [0.2, 0.25) is 0 Å². The molecular formula is C11H18N2O4S. The molecule has 1 aromatic rings. The maximum atomic E-state index is 11.0. The molecule has 0 saturated carbocycles. The van der Waals surface area contributed by atoms with E-state index >= 15 is 0 Å². The molecule has 6 nitrogen and oxygen atoms in total. The molecule has 1 atom stereocenters. The molecule has 0 unspecified atom stereocenters. The predicted octanol–water partition coefficient (Wildman–Crippen LogP) is 1.92. The first-order valence-corrected chi connectivity index (χ1v) is 6.33. The minimum absolute atomic E-state index is 0.0392. The summed E-state index contributed by atoms with van der Waals surface area (Å²) >= 11 is 1.17. The first-order chi connectivity index (χ1) is 8.11. The Morgan fingerprint density at radius 1 is 1.61 bits per heavy atom. The van der Waals surface area contributed by atoms with Crippen LogP contribution >= 0.6 is 11.3 Å². The molecule has 0 radical (unpaired) electrons. The van der Waals surface area contributed by atoms with Crippen LogP contribution in [0.1, 0.15) is 31.8 Å². The Kier molecular flexibility index (Phi) is 4.31.